The van der Waals surface area contributed by atoms with Crippen LogP contribution in [0.5, 0.6) is 0 Å². The second kappa shape index (κ2) is 9.40. The monoisotopic (exact) mass is 592 g/mol. The van der Waals surface area contributed by atoms with Crippen LogP contribution in [0.15, 0.2) is 54.6 Å². The van der Waals surface area contributed by atoms with Gasteiger partial charge in [-0.05, 0) is 105 Å². The number of carbonyl (C=O) groups excluding carboxylic acids is 2. The maximum atomic E-state index is 15.9. The van der Waals surface area contributed by atoms with Crippen LogP contribution in [-0.4, -0.2) is 39.1 Å². The number of imidazole rings is 1. The predicted octanol–water partition coefficient (Wildman–Crippen LogP) is 7.74. The van der Waals surface area contributed by atoms with Crippen LogP contribution in [0.25, 0.3) is 22.2 Å². The molecule has 0 unspecified atom stereocenters. The normalized spacial score (nSPS) is 21.8. The van der Waals surface area contributed by atoms with Gasteiger partial charge in [0.05, 0.1) is 28.7 Å². The molecule has 0 spiro atoms. The van der Waals surface area contributed by atoms with Crippen LogP contribution in [0.1, 0.15) is 110 Å². The van der Waals surface area contributed by atoms with Crippen molar-refractivity contribution in [3.05, 3.63) is 88.5 Å². The summed E-state index contributed by atoms with van der Waals surface area (Å²) in [5, 5.41) is 2.97. The fraction of sp³-hybridized carbons (Fsp3) is 0.417. The van der Waals surface area contributed by atoms with E-state index in [-0.39, 0.29) is 23.8 Å². The SMILES string of the molecule is CN1C(=O)c2cccc(C3CC3)c2[C@H]2C[C@@H]1c1nc3ccc(-c4ccc(C5(NC(=O)OC(C)(C)C)CCC5)c(F)c4)cc3n12. The molecule has 8 heteroatoms. The highest BCUT2D eigenvalue weighted by Crippen LogP contribution is 2.52. The molecule has 226 valence electrons. The first-order valence-corrected chi connectivity index (χ1v) is 15.8. The minimum absolute atomic E-state index is 0.0208. The van der Waals surface area contributed by atoms with Crippen LogP contribution in [0, 0.1) is 5.82 Å². The molecule has 2 amide bonds. The molecule has 2 bridgehead atoms. The Morgan fingerprint density at radius 2 is 1.80 bits per heavy atom. The van der Waals surface area contributed by atoms with Crippen molar-refractivity contribution in [3.8, 4) is 11.1 Å². The van der Waals surface area contributed by atoms with Crippen molar-refractivity contribution in [1.82, 2.24) is 19.8 Å². The molecule has 4 aliphatic rings. The lowest BCUT2D eigenvalue weighted by Crippen LogP contribution is -2.52. The molecule has 2 fully saturated rings. The van der Waals surface area contributed by atoms with Gasteiger partial charge in [0.25, 0.3) is 5.91 Å². The maximum absolute atomic E-state index is 15.9. The molecule has 4 aromatic rings. The zero-order valence-corrected chi connectivity index (χ0v) is 25.6. The van der Waals surface area contributed by atoms with Gasteiger partial charge >= 0.3 is 6.09 Å². The molecule has 3 heterocycles. The second-order valence-corrected chi connectivity index (χ2v) is 14.1. The summed E-state index contributed by atoms with van der Waals surface area (Å²) in [5.41, 5.74) is 5.88. The first kappa shape index (κ1) is 27.4. The summed E-state index contributed by atoms with van der Waals surface area (Å²) in [6.45, 7) is 5.46. The van der Waals surface area contributed by atoms with E-state index >= 15 is 4.39 Å². The number of amides is 2. The first-order chi connectivity index (χ1) is 21.0. The largest absolute Gasteiger partial charge is 0.444 e. The van der Waals surface area contributed by atoms with Crippen LogP contribution in [0.2, 0.25) is 0 Å². The van der Waals surface area contributed by atoms with Gasteiger partial charge in [0.1, 0.15) is 17.2 Å². The number of halogens is 1. The van der Waals surface area contributed by atoms with Crippen molar-refractivity contribution in [2.24, 2.45) is 0 Å². The Bertz CT molecular complexity index is 1860. The Morgan fingerprint density at radius 3 is 2.48 bits per heavy atom. The van der Waals surface area contributed by atoms with E-state index in [0.29, 0.717) is 24.3 Å². The van der Waals surface area contributed by atoms with E-state index in [9.17, 15) is 9.59 Å². The number of nitrogens with one attached hydrogen (secondary N) is 1. The zero-order chi connectivity index (χ0) is 30.5. The number of benzene rings is 3. The van der Waals surface area contributed by atoms with Crippen molar-refractivity contribution in [3.63, 3.8) is 0 Å². The lowest BCUT2D eigenvalue weighted by molar-refractivity contribution is 0.0373. The smallest absolute Gasteiger partial charge is 0.408 e. The van der Waals surface area contributed by atoms with Crippen molar-refractivity contribution in [1.29, 1.82) is 0 Å². The van der Waals surface area contributed by atoms with Crippen LogP contribution < -0.4 is 5.32 Å². The summed E-state index contributed by atoms with van der Waals surface area (Å²) >= 11 is 0. The highest BCUT2D eigenvalue weighted by Gasteiger charge is 2.46. The van der Waals surface area contributed by atoms with Crippen LogP contribution in [0.4, 0.5) is 9.18 Å². The van der Waals surface area contributed by atoms with Crippen molar-refractivity contribution in [2.75, 3.05) is 7.05 Å². The van der Waals surface area contributed by atoms with E-state index in [0.717, 1.165) is 64.8 Å². The zero-order valence-electron chi connectivity index (χ0n) is 25.6. The van der Waals surface area contributed by atoms with Gasteiger partial charge in [-0.15, -0.1) is 0 Å². The maximum Gasteiger partial charge on any atom is 0.408 e. The molecular formula is C36H37FN4O3. The van der Waals surface area contributed by atoms with Gasteiger partial charge in [-0.3, -0.25) is 4.79 Å². The molecule has 1 aromatic heterocycles. The fourth-order valence-electron chi connectivity index (χ4n) is 7.65. The third-order valence-electron chi connectivity index (χ3n) is 10.0. The van der Waals surface area contributed by atoms with Crippen molar-refractivity contribution in [2.45, 2.75) is 88.4 Å². The van der Waals surface area contributed by atoms with Gasteiger partial charge in [0, 0.05) is 24.6 Å². The summed E-state index contributed by atoms with van der Waals surface area (Å²) in [7, 11) is 1.89. The number of ether oxygens (including phenoxy) is 1. The minimum atomic E-state index is -0.757. The summed E-state index contributed by atoms with van der Waals surface area (Å²) in [5.74, 6) is 1.15. The van der Waals surface area contributed by atoms with Crippen LogP contribution >= 0.6 is 0 Å². The van der Waals surface area contributed by atoms with Crippen molar-refractivity contribution >= 4 is 23.0 Å². The Labute approximate surface area is 256 Å². The number of aromatic nitrogens is 2. The molecule has 1 N–H and O–H groups in total. The molecule has 2 aliphatic carbocycles. The summed E-state index contributed by atoms with van der Waals surface area (Å²) in [4.78, 5) is 33.1. The Morgan fingerprint density at radius 1 is 1.05 bits per heavy atom. The standard InChI is InChI=1S/C36H37FN4O3/c1-35(2,3)44-34(43)39-36(15-6-16-36)25-13-11-21(17-26(25)37)22-12-14-27-28(18-22)41-29-19-30(32(41)38-27)40(4)33(42)24-8-5-7-23(31(24)29)20-9-10-20/h5,7-8,11-14,17-18,20,29-30H,6,9-10,15-16,19H2,1-4H3,(H,39,43)/t29-,30-/m1/s1. The molecule has 0 radical (unpaired) electrons. The van der Waals surface area contributed by atoms with Crippen molar-refractivity contribution < 1.29 is 18.7 Å². The Hall–Kier alpha value is -4.20. The van der Waals surface area contributed by atoms with E-state index in [2.05, 4.69) is 22.0 Å². The summed E-state index contributed by atoms with van der Waals surface area (Å²) in [6.07, 6.45) is 4.84. The first-order valence-electron chi connectivity index (χ1n) is 15.8. The molecule has 2 saturated carbocycles. The Balaban J connectivity index is 1.18. The van der Waals surface area contributed by atoms with E-state index in [1.165, 1.54) is 5.56 Å². The molecule has 8 rings (SSSR count). The van der Waals surface area contributed by atoms with Crippen LogP contribution in [-0.2, 0) is 10.3 Å². The molecule has 7 nitrogen and oxygen atoms in total. The third kappa shape index (κ3) is 4.17. The van der Waals surface area contributed by atoms with E-state index in [1.54, 1.807) is 6.07 Å². The predicted molar refractivity (Wildman–Crippen MR) is 166 cm³/mol. The molecule has 0 saturated heterocycles. The number of hydrogen-bond acceptors (Lipinski definition) is 4. The Kier molecular flexibility index (Phi) is 5.84. The highest BCUT2D eigenvalue weighted by atomic mass is 19.1. The number of carbonyl (C=O) groups is 2. The summed E-state index contributed by atoms with van der Waals surface area (Å²) in [6, 6.07) is 17.5. The van der Waals surface area contributed by atoms with Crippen LogP contribution in [0.3, 0.4) is 0 Å². The van der Waals surface area contributed by atoms with Gasteiger partial charge in [-0.1, -0.05) is 30.3 Å². The van der Waals surface area contributed by atoms with Gasteiger partial charge in [0.15, 0.2) is 0 Å². The summed E-state index contributed by atoms with van der Waals surface area (Å²) < 4.78 is 23.7. The molecule has 2 atom stereocenters. The third-order valence-corrected chi connectivity index (χ3v) is 10.0. The average Bonchev–Trinajstić information content (AvgIpc) is 3.66. The fourth-order valence-corrected chi connectivity index (χ4v) is 7.65. The van der Waals surface area contributed by atoms with E-state index < -0.39 is 17.2 Å². The molecular weight excluding hydrogens is 555 g/mol. The van der Waals surface area contributed by atoms with Gasteiger partial charge in [-0.2, -0.15) is 0 Å². The van der Waals surface area contributed by atoms with Gasteiger partial charge in [-0.25, -0.2) is 14.2 Å². The second-order valence-electron chi connectivity index (χ2n) is 14.1. The number of fused-ring (bicyclic) bond motifs is 9. The minimum Gasteiger partial charge on any atom is -0.444 e. The molecule has 2 aliphatic heterocycles. The van der Waals surface area contributed by atoms with Gasteiger partial charge in [0.2, 0.25) is 0 Å². The molecule has 44 heavy (non-hydrogen) atoms. The lowest BCUT2D eigenvalue weighted by Gasteiger charge is -2.43. The topological polar surface area (TPSA) is 76.5 Å². The average molecular weight is 593 g/mol. The number of hydrogen-bond donors (Lipinski definition) is 1. The van der Waals surface area contributed by atoms with E-state index in [1.807, 2.05) is 69.1 Å². The lowest BCUT2D eigenvalue weighted by atomic mass is 9.71. The number of alkyl carbamates (subject to hydrolysis) is 1. The number of nitrogens with zero attached hydrogens (tertiary/aromatic N) is 3. The quantitative estimate of drug-likeness (QED) is 0.263. The number of rotatable bonds is 4. The highest BCUT2D eigenvalue weighted by molar-refractivity contribution is 5.97. The molecule has 3 aromatic carbocycles. The van der Waals surface area contributed by atoms with E-state index in [4.69, 9.17) is 9.72 Å². The van der Waals surface area contributed by atoms with Gasteiger partial charge < -0.3 is 19.5 Å².